The molecule has 2 atom stereocenters. The minimum Gasteiger partial charge on any atom is -0.494 e. The Morgan fingerprint density at radius 2 is 2.13 bits per heavy atom. The second-order valence-corrected chi connectivity index (χ2v) is 5.75. The lowest BCUT2D eigenvalue weighted by Crippen LogP contribution is -2.41. The summed E-state index contributed by atoms with van der Waals surface area (Å²) in [5.74, 6) is -0.465. The third-order valence-corrected chi connectivity index (χ3v) is 4.21. The van der Waals surface area contributed by atoms with E-state index in [1.807, 2.05) is 24.3 Å². The van der Waals surface area contributed by atoms with Crippen molar-refractivity contribution in [1.82, 2.24) is 5.32 Å². The Labute approximate surface area is 134 Å². The smallest absolute Gasteiger partial charge is 0.224 e. The Balaban J connectivity index is 1.63. The fourth-order valence-corrected chi connectivity index (χ4v) is 3.03. The summed E-state index contributed by atoms with van der Waals surface area (Å²) in [5.41, 5.74) is 9.05. The fourth-order valence-electron chi connectivity index (χ4n) is 3.03. The van der Waals surface area contributed by atoms with Gasteiger partial charge >= 0.3 is 0 Å². The number of ether oxygens (including phenoxy) is 1. The lowest BCUT2D eigenvalue weighted by atomic mass is 10.1. The van der Waals surface area contributed by atoms with Gasteiger partial charge in [0.25, 0.3) is 0 Å². The van der Waals surface area contributed by atoms with Crippen molar-refractivity contribution in [3.8, 4) is 5.75 Å². The van der Waals surface area contributed by atoms with E-state index in [1.165, 1.54) is 24.8 Å². The summed E-state index contributed by atoms with van der Waals surface area (Å²) in [4.78, 5) is 12.2. The minimum atomic E-state index is -0.470. The largest absolute Gasteiger partial charge is 0.494 e. The predicted molar refractivity (Wildman–Crippen MR) is 85.7 cm³/mol. The molecule has 0 unspecified atom stereocenters. The van der Waals surface area contributed by atoms with Crippen LogP contribution in [0.15, 0.2) is 42.5 Å². The van der Waals surface area contributed by atoms with Crippen molar-refractivity contribution < 1.29 is 13.9 Å². The number of fused-ring (bicyclic) bond motifs is 1. The van der Waals surface area contributed by atoms with Crippen molar-refractivity contribution in [3.05, 3.63) is 65.0 Å². The standard InChI is InChI=1S/C18H19FN2O2/c1-23-16-7-6-11(8-14(16)19)9-17(22)21-15-10-12-4-2-3-5-13(12)18(15)20/h2-8,15,18H,9-10,20H2,1H3,(H,21,22)/t15-,18-/m1/s1. The zero-order chi connectivity index (χ0) is 16.4. The van der Waals surface area contributed by atoms with E-state index in [0.29, 0.717) is 5.56 Å². The van der Waals surface area contributed by atoms with E-state index >= 15 is 0 Å². The Bertz CT molecular complexity index is 733. The van der Waals surface area contributed by atoms with Crippen LogP contribution in [0, 0.1) is 5.82 Å². The molecule has 3 N–H and O–H groups in total. The number of hydrogen-bond acceptors (Lipinski definition) is 3. The summed E-state index contributed by atoms with van der Waals surface area (Å²) in [5, 5.41) is 2.95. The normalized spacial score (nSPS) is 19.3. The third-order valence-electron chi connectivity index (χ3n) is 4.21. The first-order valence-corrected chi connectivity index (χ1v) is 7.53. The lowest BCUT2D eigenvalue weighted by Gasteiger charge is -2.18. The van der Waals surface area contributed by atoms with Gasteiger partial charge in [0.2, 0.25) is 5.91 Å². The highest BCUT2D eigenvalue weighted by Crippen LogP contribution is 2.29. The van der Waals surface area contributed by atoms with Gasteiger partial charge in [-0.1, -0.05) is 30.3 Å². The van der Waals surface area contributed by atoms with Crippen molar-refractivity contribution >= 4 is 5.91 Å². The molecule has 120 valence electrons. The van der Waals surface area contributed by atoms with Crippen molar-refractivity contribution in [1.29, 1.82) is 0 Å². The van der Waals surface area contributed by atoms with Gasteiger partial charge in [-0.05, 0) is 35.2 Å². The number of amides is 1. The van der Waals surface area contributed by atoms with Crippen LogP contribution in [0.2, 0.25) is 0 Å². The van der Waals surface area contributed by atoms with Gasteiger partial charge in [0.1, 0.15) is 0 Å². The highest BCUT2D eigenvalue weighted by molar-refractivity contribution is 5.79. The van der Waals surface area contributed by atoms with Crippen LogP contribution in [-0.4, -0.2) is 19.1 Å². The zero-order valence-corrected chi connectivity index (χ0v) is 12.9. The molecule has 4 nitrogen and oxygen atoms in total. The van der Waals surface area contributed by atoms with E-state index in [4.69, 9.17) is 10.5 Å². The number of nitrogens with two attached hydrogens (primary N) is 1. The lowest BCUT2D eigenvalue weighted by molar-refractivity contribution is -0.121. The van der Waals surface area contributed by atoms with E-state index in [9.17, 15) is 9.18 Å². The molecule has 1 amide bonds. The molecule has 2 aromatic rings. The maximum absolute atomic E-state index is 13.7. The third kappa shape index (κ3) is 3.19. The Morgan fingerprint density at radius 3 is 2.83 bits per heavy atom. The van der Waals surface area contributed by atoms with Crippen LogP contribution in [0.4, 0.5) is 4.39 Å². The molecule has 1 aliphatic rings. The first-order valence-electron chi connectivity index (χ1n) is 7.53. The summed E-state index contributed by atoms with van der Waals surface area (Å²) >= 11 is 0. The molecular formula is C18H19FN2O2. The second-order valence-electron chi connectivity index (χ2n) is 5.75. The van der Waals surface area contributed by atoms with Crippen molar-refractivity contribution in [2.24, 2.45) is 5.73 Å². The number of halogens is 1. The quantitative estimate of drug-likeness (QED) is 0.908. The highest BCUT2D eigenvalue weighted by atomic mass is 19.1. The van der Waals surface area contributed by atoms with Gasteiger partial charge in [0, 0.05) is 0 Å². The van der Waals surface area contributed by atoms with Crippen molar-refractivity contribution in [3.63, 3.8) is 0 Å². The SMILES string of the molecule is COc1ccc(CC(=O)N[C@@H]2Cc3ccccc3[C@H]2N)cc1F. The molecule has 0 saturated carbocycles. The summed E-state index contributed by atoms with van der Waals surface area (Å²) in [6.07, 6.45) is 0.834. The molecule has 1 aliphatic carbocycles. The summed E-state index contributed by atoms with van der Waals surface area (Å²) in [7, 11) is 1.41. The molecule has 3 rings (SSSR count). The molecule has 0 bridgehead atoms. The van der Waals surface area contributed by atoms with Gasteiger partial charge < -0.3 is 15.8 Å². The Hall–Kier alpha value is -2.40. The number of benzene rings is 2. The topological polar surface area (TPSA) is 64.3 Å². The summed E-state index contributed by atoms with van der Waals surface area (Å²) in [6, 6.07) is 12.1. The molecular weight excluding hydrogens is 295 g/mol. The number of carbonyl (C=O) groups is 1. The van der Waals surface area contributed by atoms with Crippen LogP contribution in [0.5, 0.6) is 5.75 Å². The van der Waals surface area contributed by atoms with E-state index in [1.54, 1.807) is 6.07 Å². The number of methoxy groups -OCH3 is 1. The van der Waals surface area contributed by atoms with Gasteiger partial charge in [0.15, 0.2) is 11.6 Å². The van der Waals surface area contributed by atoms with Crippen LogP contribution in [-0.2, 0) is 17.6 Å². The van der Waals surface area contributed by atoms with Gasteiger partial charge in [-0.15, -0.1) is 0 Å². The molecule has 5 heteroatoms. The number of carbonyl (C=O) groups excluding carboxylic acids is 1. The maximum atomic E-state index is 13.7. The molecule has 0 spiro atoms. The maximum Gasteiger partial charge on any atom is 0.224 e. The fraction of sp³-hybridized carbons (Fsp3) is 0.278. The van der Waals surface area contributed by atoms with Crippen LogP contribution >= 0.6 is 0 Å². The average Bonchev–Trinajstić information content (AvgIpc) is 2.84. The average molecular weight is 314 g/mol. The molecule has 23 heavy (non-hydrogen) atoms. The molecule has 0 fully saturated rings. The minimum absolute atomic E-state index is 0.112. The first kappa shape index (κ1) is 15.5. The van der Waals surface area contributed by atoms with Crippen LogP contribution in [0.25, 0.3) is 0 Å². The number of nitrogens with one attached hydrogen (secondary N) is 1. The van der Waals surface area contributed by atoms with Gasteiger partial charge in [-0.25, -0.2) is 4.39 Å². The predicted octanol–water partition coefficient (Wildman–Crippen LogP) is 2.12. The summed E-state index contributed by atoms with van der Waals surface area (Å²) < 4.78 is 18.5. The van der Waals surface area contributed by atoms with Crippen molar-refractivity contribution in [2.75, 3.05) is 7.11 Å². The van der Waals surface area contributed by atoms with Crippen LogP contribution in [0.1, 0.15) is 22.7 Å². The number of hydrogen-bond donors (Lipinski definition) is 2. The van der Waals surface area contributed by atoms with Gasteiger partial charge in [-0.3, -0.25) is 4.79 Å². The van der Waals surface area contributed by atoms with E-state index in [2.05, 4.69) is 5.32 Å². The molecule has 0 radical (unpaired) electrons. The Kier molecular flexibility index (Phi) is 4.30. The second kappa shape index (κ2) is 6.38. The van der Waals surface area contributed by atoms with E-state index < -0.39 is 5.82 Å². The molecule has 0 aliphatic heterocycles. The van der Waals surface area contributed by atoms with Gasteiger partial charge in [0.05, 0.1) is 25.6 Å². The first-order chi connectivity index (χ1) is 11.1. The molecule has 0 aromatic heterocycles. The number of rotatable bonds is 4. The monoisotopic (exact) mass is 314 g/mol. The van der Waals surface area contributed by atoms with Crippen molar-refractivity contribution in [2.45, 2.75) is 24.9 Å². The Morgan fingerprint density at radius 1 is 1.35 bits per heavy atom. The van der Waals surface area contributed by atoms with Gasteiger partial charge in [-0.2, -0.15) is 0 Å². The molecule has 2 aromatic carbocycles. The highest BCUT2D eigenvalue weighted by Gasteiger charge is 2.30. The summed E-state index contributed by atoms with van der Waals surface area (Å²) in [6.45, 7) is 0. The molecule has 0 heterocycles. The van der Waals surface area contributed by atoms with Crippen LogP contribution in [0.3, 0.4) is 0 Å². The zero-order valence-electron chi connectivity index (χ0n) is 12.9. The van der Waals surface area contributed by atoms with E-state index in [-0.39, 0.29) is 30.2 Å². The molecule has 0 saturated heterocycles. The van der Waals surface area contributed by atoms with E-state index in [0.717, 1.165) is 12.0 Å². The van der Waals surface area contributed by atoms with Crippen LogP contribution < -0.4 is 15.8 Å².